The zero-order valence-electron chi connectivity index (χ0n) is 18.1. The van der Waals surface area contributed by atoms with Gasteiger partial charge in [-0.05, 0) is 54.2 Å². The standard InChI is InChI=1S/C24H32O4S/c1-22(2,3)14-9-12-21(25)28-20-16-18-13-15-24(20,23(18,4)5)17-29(26,27)19-10-7-6-8-11-19/h6-8,10-12,14,18,20H,13,15-17H2,1-5H3/t9?,18-,20-,24-/m1/s1. The summed E-state index contributed by atoms with van der Waals surface area (Å²) in [5.41, 5.74) is 2.06. The third-order valence-electron chi connectivity index (χ3n) is 6.88. The van der Waals surface area contributed by atoms with Crippen molar-refractivity contribution in [3.63, 3.8) is 0 Å². The highest BCUT2D eigenvalue weighted by atomic mass is 32.2. The molecule has 1 aromatic rings. The van der Waals surface area contributed by atoms with Crippen LogP contribution in [-0.4, -0.2) is 26.2 Å². The second kappa shape index (κ2) is 7.45. The number of hydrogen-bond acceptors (Lipinski definition) is 4. The van der Waals surface area contributed by atoms with Crippen molar-refractivity contribution in [1.29, 1.82) is 0 Å². The molecule has 0 aromatic heterocycles. The van der Waals surface area contributed by atoms with E-state index < -0.39 is 27.3 Å². The van der Waals surface area contributed by atoms with Gasteiger partial charge in [0.1, 0.15) is 6.10 Å². The predicted octanol–water partition coefficient (Wildman–Crippen LogP) is 4.96. The summed E-state index contributed by atoms with van der Waals surface area (Å²) in [4.78, 5) is 12.8. The molecule has 0 spiro atoms. The zero-order chi connectivity index (χ0) is 21.5. The first-order valence-corrected chi connectivity index (χ1v) is 11.9. The molecule has 3 atom stereocenters. The molecule has 29 heavy (non-hydrogen) atoms. The summed E-state index contributed by atoms with van der Waals surface area (Å²) in [6, 6.07) is 8.57. The van der Waals surface area contributed by atoms with Gasteiger partial charge in [0.2, 0.25) is 0 Å². The minimum Gasteiger partial charge on any atom is -0.458 e. The maximum Gasteiger partial charge on any atom is 0.338 e. The molecule has 2 bridgehead atoms. The Kier molecular flexibility index (Phi) is 5.61. The SMILES string of the molecule is CC(C)(C)C=C=CC(=O)O[C@@H]1C[C@H]2CC[C@]1(CS(=O)(=O)c1ccccc1)C2(C)C. The number of esters is 1. The van der Waals surface area contributed by atoms with Gasteiger partial charge in [0, 0.05) is 5.41 Å². The van der Waals surface area contributed by atoms with Crippen molar-refractivity contribution in [2.75, 3.05) is 5.75 Å². The van der Waals surface area contributed by atoms with Gasteiger partial charge in [-0.3, -0.25) is 0 Å². The third-order valence-corrected chi connectivity index (χ3v) is 8.77. The van der Waals surface area contributed by atoms with Gasteiger partial charge < -0.3 is 4.74 Å². The second-order valence-corrected chi connectivity index (χ2v) is 12.2. The lowest BCUT2D eigenvalue weighted by molar-refractivity contribution is -0.150. The lowest BCUT2D eigenvalue weighted by Gasteiger charge is -2.41. The highest BCUT2D eigenvalue weighted by Crippen LogP contribution is 2.67. The number of carbonyl (C=O) groups is 1. The molecule has 2 saturated carbocycles. The molecule has 5 heteroatoms. The van der Waals surface area contributed by atoms with Gasteiger partial charge in [-0.15, -0.1) is 5.73 Å². The minimum atomic E-state index is -3.49. The largest absolute Gasteiger partial charge is 0.458 e. The molecule has 0 N–H and O–H groups in total. The normalized spacial score (nSPS) is 27.9. The summed E-state index contributed by atoms with van der Waals surface area (Å²) < 4.78 is 32.3. The lowest BCUT2D eigenvalue weighted by Crippen LogP contribution is -2.46. The second-order valence-electron chi connectivity index (χ2n) is 10.2. The molecule has 158 valence electrons. The number of rotatable bonds is 5. The van der Waals surface area contributed by atoms with Gasteiger partial charge in [-0.25, -0.2) is 13.2 Å². The number of ether oxygens (including phenoxy) is 1. The number of fused-ring (bicyclic) bond motifs is 2. The van der Waals surface area contributed by atoms with Crippen molar-refractivity contribution >= 4 is 15.8 Å². The minimum absolute atomic E-state index is 0.00695. The first-order valence-electron chi connectivity index (χ1n) is 10.3. The Morgan fingerprint density at radius 3 is 2.48 bits per heavy atom. The maximum atomic E-state index is 13.2. The Morgan fingerprint density at radius 1 is 1.24 bits per heavy atom. The number of carbonyl (C=O) groups excluding carboxylic acids is 1. The van der Waals surface area contributed by atoms with E-state index >= 15 is 0 Å². The van der Waals surface area contributed by atoms with Crippen LogP contribution >= 0.6 is 0 Å². The fraction of sp³-hybridized carbons (Fsp3) is 0.583. The van der Waals surface area contributed by atoms with Gasteiger partial charge in [-0.2, -0.15) is 0 Å². The monoisotopic (exact) mass is 416 g/mol. The van der Waals surface area contributed by atoms with E-state index in [0.29, 0.717) is 10.8 Å². The van der Waals surface area contributed by atoms with E-state index in [2.05, 4.69) is 19.6 Å². The Labute approximate surface area is 175 Å². The summed E-state index contributed by atoms with van der Waals surface area (Å²) in [6.07, 6.45) is 5.22. The van der Waals surface area contributed by atoms with Crippen LogP contribution in [-0.2, 0) is 19.4 Å². The molecule has 1 aromatic carbocycles. The smallest absolute Gasteiger partial charge is 0.338 e. The molecular formula is C24H32O4S. The molecule has 2 aliphatic rings. The van der Waals surface area contributed by atoms with Crippen molar-refractivity contribution in [1.82, 2.24) is 0 Å². The van der Waals surface area contributed by atoms with Gasteiger partial charge >= 0.3 is 5.97 Å². The molecule has 0 amide bonds. The summed E-state index contributed by atoms with van der Waals surface area (Å²) in [5, 5.41) is 0. The van der Waals surface area contributed by atoms with Gasteiger partial charge in [-0.1, -0.05) is 52.8 Å². The van der Waals surface area contributed by atoms with Crippen molar-refractivity contribution < 1.29 is 17.9 Å². The average molecular weight is 417 g/mol. The molecule has 0 saturated heterocycles. The number of benzene rings is 1. The molecule has 2 aliphatic carbocycles. The molecule has 2 fully saturated rings. The quantitative estimate of drug-likeness (QED) is 0.387. The Hall–Kier alpha value is -1.84. The molecular weight excluding hydrogens is 384 g/mol. The van der Waals surface area contributed by atoms with E-state index in [4.69, 9.17) is 4.74 Å². The molecule has 0 unspecified atom stereocenters. The van der Waals surface area contributed by atoms with Crippen LogP contribution in [0.25, 0.3) is 0 Å². The van der Waals surface area contributed by atoms with E-state index in [0.717, 1.165) is 19.3 Å². The van der Waals surface area contributed by atoms with Crippen LogP contribution in [0.15, 0.2) is 53.1 Å². The molecule has 0 aliphatic heterocycles. The first kappa shape index (κ1) is 21.9. The Bertz CT molecular complexity index is 931. The van der Waals surface area contributed by atoms with Gasteiger partial charge in [0.15, 0.2) is 9.84 Å². The van der Waals surface area contributed by atoms with Crippen molar-refractivity contribution in [2.45, 2.75) is 64.9 Å². The van der Waals surface area contributed by atoms with E-state index in [1.165, 1.54) is 6.08 Å². The van der Waals surface area contributed by atoms with Crippen LogP contribution in [0.1, 0.15) is 53.9 Å². The fourth-order valence-electron chi connectivity index (χ4n) is 5.09. The topological polar surface area (TPSA) is 60.4 Å². The molecule has 0 heterocycles. The van der Waals surface area contributed by atoms with Crippen LogP contribution in [0, 0.1) is 22.2 Å². The van der Waals surface area contributed by atoms with E-state index in [1.54, 1.807) is 24.3 Å². The van der Waals surface area contributed by atoms with Crippen LogP contribution in [0.3, 0.4) is 0 Å². The van der Waals surface area contributed by atoms with Crippen LogP contribution in [0.2, 0.25) is 0 Å². The average Bonchev–Trinajstić information content (AvgIpc) is 2.96. The summed E-state index contributed by atoms with van der Waals surface area (Å²) in [6.45, 7) is 10.4. The molecule has 0 radical (unpaired) electrons. The van der Waals surface area contributed by atoms with Crippen molar-refractivity contribution in [3.8, 4) is 0 Å². The molecule has 4 nitrogen and oxygen atoms in total. The van der Waals surface area contributed by atoms with Crippen LogP contribution < -0.4 is 0 Å². The number of sulfone groups is 1. The highest BCUT2D eigenvalue weighted by Gasteiger charge is 2.66. The zero-order valence-corrected chi connectivity index (χ0v) is 18.9. The molecule has 3 rings (SSSR count). The number of hydrogen-bond donors (Lipinski definition) is 0. The predicted molar refractivity (Wildman–Crippen MR) is 114 cm³/mol. The first-order chi connectivity index (χ1) is 13.4. The third kappa shape index (κ3) is 4.22. The lowest BCUT2D eigenvalue weighted by atomic mass is 9.69. The van der Waals surface area contributed by atoms with Gasteiger partial charge in [0.25, 0.3) is 0 Å². The van der Waals surface area contributed by atoms with E-state index in [1.807, 2.05) is 32.9 Å². The van der Waals surface area contributed by atoms with Crippen molar-refractivity contribution in [3.05, 3.63) is 48.2 Å². The summed E-state index contributed by atoms with van der Waals surface area (Å²) >= 11 is 0. The Morgan fingerprint density at radius 2 is 1.90 bits per heavy atom. The van der Waals surface area contributed by atoms with Gasteiger partial charge in [0.05, 0.1) is 16.7 Å². The van der Waals surface area contributed by atoms with Crippen LogP contribution in [0.5, 0.6) is 0 Å². The van der Waals surface area contributed by atoms with Crippen LogP contribution in [0.4, 0.5) is 0 Å². The summed E-state index contributed by atoms with van der Waals surface area (Å²) in [7, 11) is -3.49. The maximum absolute atomic E-state index is 13.2. The fourth-order valence-corrected chi connectivity index (χ4v) is 7.21. The van der Waals surface area contributed by atoms with Crippen molar-refractivity contribution in [2.24, 2.45) is 22.2 Å². The summed E-state index contributed by atoms with van der Waals surface area (Å²) in [5.74, 6) is -0.0804. The van der Waals surface area contributed by atoms with E-state index in [-0.39, 0.29) is 16.6 Å². The van der Waals surface area contributed by atoms with E-state index in [9.17, 15) is 13.2 Å². The Balaban J connectivity index is 1.87. The highest BCUT2D eigenvalue weighted by molar-refractivity contribution is 7.91.